The second kappa shape index (κ2) is 4.56. The zero-order chi connectivity index (χ0) is 12.5. The van der Waals surface area contributed by atoms with Gasteiger partial charge in [-0.15, -0.1) is 0 Å². The van der Waals surface area contributed by atoms with Gasteiger partial charge in [-0.05, 0) is 36.6 Å². The van der Waals surface area contributed by atoms with E-state index in [1.807, 2.05) is 18.2 Å². The molecule has 0 bridgehead atoms. The van der Waals surface area contributed by atoms with Crippen LogP contribution in [0.4, 0.5) is 0 Å². The van der Waals surface area contributed by atoms with Gasteiger partial charge < -0.3 is 4.74 Å². The molecule has 3 nitrogen and oxygen atoms in total. The predicted molar refractivity (Wildman–Crippen MR) is 66.9 cm³/mol. The second-order valence-corrected chi connectivity index (χ2v) is 5.12. The highest BCUT2D eigenvalue weighted by atomic mass is 16.5. The van der Waals surface area contributed by atoms with E-state index in [-0.39, 0.29) is 17.5 Å². The summed E-state index contributed by atoms with van der Waals surface area (Å²) in [6.45, 7) is 0.703. The normalized spacial score (nSPS) is 22.4. The van der Waals surface area contributed by atoms with Gasteiger partial charge >= 0.3 is 0 Å². The summed E-state index contributed by atoms with van der Waals surface area (Å²) in [7, 11) is 0. The van der Waals surface area contributed by atoms with E-state index < -0.39 is 0 Å². The van der Waals surface area contributed by atoms with Crippen molar-refractivity contribution in [2.24, 2.45) is 5.92 Å². The highest BCUT2D eigenvalue weighted by Crippen LogP contribution is 2.29. The molecule has 0 saturated heterocycles. The van der Waals surface area contributed by atoms with E-state index in [1.54, 1.807) is 0 Å². The maximum Gasteiger partial charge on any atom is 0.166 e. The van der Waals surface area contributed by atoms with Crippen molar-refractivity contribution >= 4 is 11.6 Å². The molecular formula is C15H16O3. The minimum absolute atomic E-state index is 0.105. The van der Waals surface area contributed by atoms with Crippen LogP contribution < -0.4 is 4.74 Å². The van der Waals surface area contributed by atoms with Crippen molar-refractivity contribution in [1.29, 1.82) is 0 Å². The molecule has 1 aliphatic carbocycles. The lowest BCUT2D eigenvalue weighted by atomic mass is 9.83. The number of fused-ring (bicyclic) bond motifs is 1. The summed E-state index contributed by atoms with van der Waals surface area (Å²) in [5.74, 6) is 1.14. The molecule has 18 heavy (non-hydrogen) atoms. The molecule has 3 rings (SSSR count). The minimum Gasteiger partial charge on any atom is -0.493 e. The Bertz CT molecular complexity index is 504. The number of carbonyl (C=O) groups is 2. The molecule has 94 valence electrons. The van der Waals surface area contributed by atoms with Crippen molar-refractivity contribution < 1.29 is 14.3 Å². The van der Waals surface area contributed by atoms with E-state index >= 15 is 0 Å². The Kier molecular flexibility index (Phi) is 2.90. The number of ether oxygens (including phenoxy) is 1. The molecular weight excluding hydrogens is 228 g/mol. The number of hydrogen-bond donors (Lipinski definition) is 0. The van der Waals surface area contributed by atoms with E-state index in [0.29, 0.717) is 19.4 Å². The summed E-state index contributed by atoms with van der Waals surface area (Å²) in [5, 5.41) is 0. The monoisotopic (exact) mass is 244 g/mol. The Morgan fingerprint density at radius 3 is 3.00 bits per heavy atom. The predicted octanol–water partition coefficient (Wildman–Crippen LogP) is 2.56. The summed E-state index contributed by atoms with van der Waals surface area (Å²) in [6, 6.07) is 5.63. The topological polar surface area (TPSA) is 43.4 Å². The Labute approximate surface area is 106 Å². The number of benzene rings is 1. The van der Waals surface area contributed by atoms with Crippen LogP contribution in [0.5, 0.6) is 5.75 Å². The van der Waals surface area contributed by atoms with Crippen LogP contribution in [-0.2, 0) is 11.2 Å². The molecule has 0 amide bonds. The van der Waals surface area contributed by atoms with Gasteiger partial charge in [0.1, 0.15) is 11.5 Å². The van der Waals surface area contributed by atoms with Crippen molar-refractivity contribution in [3.63, 3.8) is 0 Å². The van der Waals surface area contributed by atoms with Crippen LogP contribution in [0, 0.1) is 5.92 Å². The maximum atomic E-state index is 12.4. The van der Waals surface area contributed by atoms with Gasteiger partial charge in [0.2, 0.25) is 0 Å². The van der Waals surface area contributed by atoms with Crippen LogP contribution in [0.2, 0.25) is 0 Å². The van der Waals surface area contributed by atoms with Crippen molar-refractivity contribution in [3.8, 4) is 5.75 Å². The van der Waals surface area contributed by atoms with Crippen LogP contribution in [0.1, 0.15) is 41.6 Å². The lowest BCUT2D eigenvalue weighted by Crippen LogP contribution is -2.23. The quantitative estimate of drug-likeness (QED) is 0.751. The number of Topliss-reactive ketones (excluding diaryl/α,β-unsaturated/α-hetero) is 2. The molecule has 1 saturated carbocycles. The Morgan fingerprint density at radius 2 is 2.17 bits per heavy atom. The molecule has 0 radical (unpaired) electrons. The minimum atomic E-state index is -0.105. The maximum absolute atomic E-state index is 12.4. The molecule has 0 N–H and O–H groups in total. The first-order valence-corrected chi connectivity index (χ1v) is 6.55. The van der Waals surface area contributed by atoms with Crippen LogP contribution >= 0.6 is 0 Å². The summed E-state index contributed by atoms with van der Waals surface area (Å²) in [4.78, 5) is 23.8. The lowest BCUT2D eigenvalue weighted by molar-refractivity contribution is -0.121. The lowest BCUT2D eigenvalue weighted by Gasteiger charge is -2.19. The van der Waals surface area contributed by atoms with Crippen molar-refractivity contribution in [1.82, 2.24) is 0 Å². The fourth-order valence-electron chi connectivity index (χ4n) is 2.82. The summed E-state index contributed by atoms with van der Waals surface area (Å²) in [5.41, 5.74) is 1.85. The molecule has 0 spiro atoms. The molecule has 1 aromatic rings. The first-order chi connectivity index (χ1) is 8.74. The first kappa shape index (κ1) is 11.5. The third kappa shape index (κ3) is 2.05. The first-order valence-electron chi connectivity index (χ1n) is 6.55. The van der Waals surface area contributed by atoms with Gasteiger partial charge in [-0.1, -0.05) is 0 Å². The van der Waals surface area contributed by atoms with Crippen LogP contribution in [-0.4, -0.2) is 18.2 Å². The molecule has 1 heterocycles. The molecule has 1 atom stereocenters. The number of ketones is 2. The molecule has 1 aliphatic heterocycles. The molecule has 2 aliphatic rings. The van der Waals surface area contributed by atoms with Gasteiger partial charge in [0, 0.05) is 30.7 Å². The molecule has 1 aromatic carbocycles. The summed E-state index contributed by atoms with van der Waals surface area (Å²) < 4.78 is 5.43. The Morgan fingerprint density at radius 1 is 1.28 bits per heavy atom. The van der Waals surface area contributed by atoms with Gasteiger partial charge in [0.25, 0.3) is 0 Å². The van der Waals surface area contributed by atoms with Gasteiger partial charge in [0.05, 0.1) is 6.61 Å². The highest BCUT2D eigenvalue weighted by Gasteiger charge is 2.27. The standard InChI is InChI=1S/C15H16O3/c16-13-3-1-2-11(9-13)15(17)12-4-5-14-10(8-12)6-7-18-14/h4-5,8,11H,1-3,6-7,9H2. The van der Waals surface area contributed by atoms with Crippen molar-refractivity contribution in [2.75, 3.05) is 6.61 Å². The third-order valence-electron chi connectivity index (χ3n) is 3.83. The second-order valence-electron chi connectivity index (χ2n) is 5.12. The smallest absolute Gasteiger partial charge is 0.166 e. The third-order valence-corrected chi connectivity index (χ3v) is 3.83. The van der Waals surface area contributed by atoms with Gasteiger partial charge in [-0.2, -0.15) is 0 Å². The number of carbonyl (C=O) groups excluding carboxylic acids is 2. The average molecular weight is 244 g/mol. The molecule has 3 heteroatoms. The van der Waals surface area contributed by atoms with Crippen LogP contribution in [0.15, 0.2) is 18.2 Å². The SMILES string of the molecule is O=C1CCCC(C(=O)c2ccc3c(c2)CCO3)C1. The Hall–Kier alpha value is -1.64. The molecule has 1 unspecified atom stereocenters. The van der Waals surface area contributed by atoms with Crippen molar-refractivity contribution in [2.45, 2.75) is 32.1 Å². The van der Waals surface area contributed by atoms with Gasteiger partial charge in [0.15, 0.2) is 5.78 Å². The zero-order valence-electron chi connectivity index (χ0n) is 10.3. The molecule has 0 aromatic heterocycles. The zero-order valence-corrected chi connectivity index (χ0v) is 10.3. The van der Waals surface area contributed by atoms with Crippen molar-refractivity contribution in [3.05, 3.63) is 29.3 Å². The fourth-order valence-corrected chi connectivity index (χ4v) is 2.82. The van der Waals surface area contributed by atoms with E-state index in [4.69, 9.17) is 4.74 Å². The van der Waals surface area contributed by atoms with Gasteiger partial charge in [-0.3, -0.25) is 9.59 Å². The largest absolute Gasteiger partial charge is 0.493 e. The molecule has 1 fully saturated rings. The average Bonchev–Trinajstić information content (AvgIpc) is 2.85. The Balaban J connectivity index is 1.81. The fraction of sp³-hybridized carbons (Fsp3) is 0.467. The van der Waals surface area contributed by atoms with E-state index in [2.05, 4.69) is 0 Å². The number of rotatable bonds is 2. The highest BCUT2D eigenvalue weighted by molar-refractivity contribution is 6.00. The van der Waals surface area contributed by atoms with E-state index in [1.165, 1.54) is 0 Å². The van der Waals surface area contributed by atoms with E-state index in [9.17, 15) is 9.59 Å². The van der Waals surface area contributed by atoms with Crippen LogP contribution in [0.25, 0.3) is 0 Å². The van der Waals surface area contributed by atoms with Crippen LogP contribution in [0.3, 0.4) is 0 Å². The summed E-state index contributed by atoms with van der Waals surface area (Å²) >= 11 is 0. The number of hydrogen-bond acceptors (Lipinski definition) is 3. The van der Waals surface area contributed by atoms with E-state index in [0.717, 1.165) is 36.1 Å². The summed E-state index contributed by atoms with van der Waals surface area (Å²) in [6.07, 6.45) is 3.63. The van der Waals surface area contributed by atoms with Gasteiger partial charge in [-0.25, -0.2) is 0 Å².